The number of nitrogens with zero attached hydrogens (tertiary/aromatic N) is 3. The molecule has 0 bridgehead atoms. The summed E-state index contributed by atoms with van der Waals surface area (Å²) in [6, 6.07) is 25.3. The first-order valence-corrected chi connectivity index (χ1v) is 11.8. The first kappa shape index (κ1) is 21.9. The molecule has 4 aromatic rings. The van der Waals surface area contributed by atoms with Crippen molar-refractivity contribution in [2.75, 3.05) is 11.9 Å². The maximum Gasteiger partial charge on any atom is 0.247 e. The van der Waals surface area contributed by atoms with E-state index < -0.39 is 6.04 Å². The second-order valence-corrected chi connectivity index (χ2v) is 8.72. The Morgan fingerprint density at radius 1 is 0.971 bits per heavy atom. The zero-order valence-electron chi connectivity index (χ0n) is 19.3. The highest BCUT2D eigenvalue weighted by Crippen LogP contribution is 2.29. The van der Waals surface area contributed by atoms with Gasteiger partial charge in [-0.3, -0.25) is 9.59 Å². The number of benzene rings is 3. The van der Waals surface area contributed by atoms with Crippen molar-refractivity contribution >= 4 is 28.5 Å². The predicted octanol–water partition coefficient (Wildman–Crippen LogP) is 4.80. The summed E-state index contributed by atoms with van der Waals surface area (Å²) in [6.07, 6.45) is 2.39. The third-order valence-corrected chi connectivity index (χ3v) is 6.59. The Labute approximate surface area is 199 Å². The standard InChI is InChI=1S/C28H28N4O2/c1-31-24-15-8-7-14-23(24)29-26(31)17-18-27(33)32-19-9-16-25(32)28(34)30-22-13-6-5-12-21(22)20-10-3-2-4-11-20/h2-8,10-15,25H,9,16-19H2,1H3,(H,30,34)/t25-/m0/s1. The molecule has 34 heavy (non-hydrogen) atoms. The van der Waals surface area contributed by atoms with E-state index in [0.29, 0.717) is 25.8 Å². The Morgan fingerprint density at radius 3 is 2.53 bits per heavy atom. The molecular formula is C28H28N4O2. The van der Waals surface area contributed by atoms with E-state index >= 15 is 0 Å². The lowest BCUT2D eigenvalue weighted by atomic mass is 10.0. The molecule has 0 unspecified atom stereocenters. The first-order chi connectivity index (χ1) is 16.6. The van der Waals surface area contributed by atoms with Crippen molar-refractivity contribution in [3.05, 3.63) is 84.7 Å². The van der Waals surface area contributed by atoms with Crippen molar-refractivity contribution in [2.24, 2.45) is 7.05 Å². The highest BCUT2D eigenvalue weighted by molar-refractivity contribution is 6.00. The molecule has 1 N–H and O–H groups in total. The number of carbonyl (C=O) groups excluding carboxylic acids is 2. The van der Waals surface area contributed by atoms with Crippen molar-refractivity contribution in [1.82, 2.24) is 14.5 Å². The summed E-state index contributed by atoms with van der Waals surface area (Å²) in [4.78, 5) is 32.8. The van der Waals surface area contributed by atoms with Gasteiger partial charge in [0.1, 0.15) is 11.9 Å². The fourth-order valence-electron chi connectivity index (χ4n) is 4.80. The molecule has 6 nitrogen and oxygen atoms in total. The molecule has 1 atom stereocenters. The molecule has 2 heterocycles. The number of anilines is 1. The molecule has 1 aromatic heterocycles. The van der Waals surface area contributed by atoms with Crippen LogP contribution in [-0.4, -0.2) is 38.9 Å². The number of likely N-dealkylation sites (tertiary alicyclic amines) is 1. The molecule has 6 heteroatoms. The van der Waals surface area contributed by atoms with Gasteiger partial charge in [0, 0.05) is 37.7 Å². The summed E-state index contributed by atoms with van der Waals surface area (Å²) in [6.45, 7) is 0.611. The monoisotopic (exact) mass is 452 g/mol. The van der Waals surface area contributed by atoms with E-state index in [9.17, 15) is 9.59 Å². The van der Waals surface area contributed by atoms with E-state index in [2.05, 4.69) is 10.3 Å². The molecule has 0 spiro atoms. The van der Waals surface area contributed by atoms with Crippen molar-refractivity contribution in [3.8, 4) is 11.1 Å². The molecule has 1 saturated heterocycles. The Bertz CT molecular complexity index is 1330. The van der Waals surface area contributed by atoms with Crippen LogP contribution in [0.3, 0.4) is 0 Å². The lowest BCUT2D eigenvalue weighted by molar-refractivity contribution is -0.136. The molecule has 2 amide bonds. The normalized spacial score (nSPS) is 15.6. The zero-order valence-corrected chi connectivity index (χ0v) is 19.3. The van der Waals surface area contributed by atoms with E-state index in [1.54, 1.807) is 4.90 Å². The number of hydrogen-bond donors (Lipinski definition) is 1. The number of aryl methyl sites for hydroxylation is 2. The number of rotatable bonds is 6. The minimum Gasteiger partial charge on any atom is -0.331 e. The third kappa shape index (κ3) is 4.31. The molecular weight excluding hydrogens is 424 g/mol. The van der Waals surface area contributed by atoms with Gasteiger partial charge >= 0.3 is 0 Å². The Kier molecular flexibility index (Phi) is 6.12. The van der Waals surface area contributed by atoms with Gasteiger partial charge in [0.15, 0.2) is 0 Å². The van der Waals surface area contributed by atoms with Crippen molar-refractivity contribution in [2.45, 2.75) is 31.7 Å². The van der Waals surface area contributed by atoms with Crippen LogP contribution in [0, 0.1) is 0 Å². The van der Waals surface area contributed by atoms with E-state index in [4.69, 9.17) is 0 Å². The average molecular weight is 453 g/mol. The molecule has 1 aliphatic heterocycles. The summed E-state index contributed by atoms with van der Waals surface area (Å²) < 4.78 is 2.04. The molecule has 5 rings (SSSR count). The molecule has 1 aliphatic rings. The number of para-hydroxylation sites is 3. The lowest BCUT2D eigenvalue weighted by Crippen LogP contribution is -2.43. The van der Waals surface area contributed by atoms with Gasteiger partial charge in [0.25, 0.3) is 0 Å². The Morgan fingerprint density at radius 2 is 1.71 bits per heavy atom. The lowest BCUT2D eigenvalue weighted by Gasteiger charge is -2.24. The number of nitrogens with one attached hydrogen (secondary N) is 1. The van der Waals surface area contributed by atoms with Gasteiger partial charge < -0.3 is 14.8 Å². The van der Waals surface area contributed by atoms with Crippen LogP contribution in [-0.2, 0) is 23.1 Å². The van der Waals surface area contributed by atoms with Crippen LogP contribution in [0.5, 0.6) is 0 Å². The van der Waals surface area contributed by atoms with Gasteiger partial charge in [-0.1, -0.05) is 60.7 Å². The molecule has 172 valence electrons. The van der Waals surface area contributed by atoms with Crippen molar-refractivity contribution in [3.63, 3.8) is 0 Å². The number of aromatic nitrogens is 2. The van der Waals surface area contributed by atoms with Crippen LogP contribution < -0.4 is 5.32 Å². The number of imidazole rings is 1. The SMILES string of the molecule is Cn1c(CCC(=O)N2CCC[C@H]2C(=O)Nc2ccccc2-c2ccccc2)nc2ccccc21. The van der Waals surface area contributed by atoms with E-state index in [1.165, 1.54) is 0 Å². The molecule has 0 aliphatic carbocycles. The summed E-state index contributed by atoms with van der Waals surface area (Å²) in [5.41, 5.74) is 4.76. The maximum absolute atomic E-state index is 13.2. The predicted molar refractivity (Wildman–Crippen MR) is 134 cm³/mol. The van der Waals surface area contributed by atoms with E-state index in [1.807, 2.05) is 90.5 Å². The number of hydrogen-bond acceptors (Lipinski definition) is 3. The summed E-state index contributed by atoms with van der Waals surface area (Å²) in [5.74, 6) is 0.754. The molecule has 0 saturated carbocycles. The van der Waals surface area contributed by atoms with Crippen LogP contribution in [0.1, 0.15) is 25.1 Å². The Hall–Kier alpha value is -3.93. The van der Waals surface area contributed by atoms with Crippen LogP contribution in [0.15, 0.2) is 78.9 Å². The van der Waals surface area contributed by atoms with Gasteiger partial charge in [-0.2, -0.15) is 0 Å². The van der Waals surface area contributed by atoms with Gasteiger partial charge in [0.05, 0.1) is 11.0 Å². The zero-order chi connectivity index (χ0) is 23.5. The van der Waals surface area contributed by atoms with Crippen LogP contribution in [0.2, 0.25) is 0 Å². The fourth-order valence-corrected chi connectivity index (χ4v) is 4.80. The largest absolute Gasteiger partial charge is 0.331 e. The Balaban J connectivity index is 1.27. The number of fused-ring (bicyclic) bond motifs is 1. The van der Waals surface area contributed by atoms with Crippen LogP contribution >= 0.6 is 0 Å². The van der Waals surface area contributed by atoms with Gasteiger partial charge in [-0.15, -0.1) is 0 Å². The summed E-state index contributed by atoms with van der Waals surface area (Å²) in [7, 11) is 1.98. The average Bonchev–Trinajstić information content (AvgIpc) is 3.49. The summed E-state index contributed by atoms with van der Waals surface area (Å²) >= 11 is 0. The minimum absolute atomic E-state index is 0.000973. The maximum atomic E-state index is 13.2. The van der Waals surface area contributed by atoms with Crippen LogP contribution in [0.25, 0.3) is 22.2 Å². The fraction of sp³-hybridized carbons (Fsp3) is 0.250. The van der Waals surface area contributed by atoms with Crippen molar-refractivity contribution < 1.29 is 9.59 Å². The van der Waals surface area contributed by atoms with E-state index in [0.717, 1.165) is 40.1 Å². The highest BCUT2D eigenvalue weighted by atomic mass is 16.2. The second kappa shape index (κ2) is 9.51. The van der Waals surface area contributed by atoms with E-state index in [-0.39, 0.29) is 11.8 Å². The number of amides is 2. The molecule has 0 radical (unpaired) electrons. The van der Waals surface area contributed by atoms with Crippen molar-refractivity contribution in [1.29, 1.82) is 0 Å². The van der Waals surface area contributed by atoms with Crippen LogP contribution in [0.4, 0.5) is 5.69 Å². The minimum atomic E-state index is -0.447. The smallest absolute Gasteiger partial charge is 0.247 e. The first-order valence-electron chi connectivity index (χ1n) is 11.8. The summed E-state index contributed by atoms with van der Waals surface area (Å²) in [5, 5.41) is 3.09. The number of carbonyl (C=O) groups is 2. The van der Waals surface area contributed by atoms with Gasteiger partial charge in [-0.25, -0.2) is 4.98 Å². The molecule has 1 fully saturated rings. The highest BCUT2D eigenvalue weighted by Gasteiger charge is 2.34. The second-order valence-electron chi connectivity index (χ2n) is 8.72. The molecule has 3 aromatic carbocycles. The quantitative estimate of drug-likeness (QED) is 0.457. The third-order valence-electron chi connectivity index (χ3n) is 6.59. The van der Waals surface area contributed by atoms with Gasteiger partial charge in [0.2, 0.25) is 11.8 Å². The topological polar surface area (TPSA) is 67.2 Å². The van der Waals surface area contributed by atoms with Gasteiger partial charge in [-0.05, 0) is 36.6 Å².